The molecule has 0 aliphatic heterocycles. The van der Waals surface area contributed by atoms with E-state index in [1.165, 1.54) is 5.69 Å². The molecule has 0 bridgehead atoms. The van der Waals surface area contributed by atoms with Gasteiger partial charge in [0.05, 0.1) is 12.5 Å². The molecule has 0 aromatic carbocycles. The molecule has 0 saturated carbocycles. The minimum absolute atomic E-state index is 0.411. The summed E-state index contributed by atoms with van der Waals surface area (Å²) in [6, 6.07) is 2.50. The van der Waals surface area contributed by atoms with Crippen LogP contribution in [-0.2, 0) is 10.6 Å². The highest BCUT2D eigenvalue weighted by atomic mass is 35.5. The predicted molar refractivity (Wildman–Crippen MR) is 72.9 cm³/mol. The average Bonchev–Trinajstić information content (AvgIpc) is 2.29. The van der Waals surface area contributed by atoms with Crippen LogP contribution in [0, 0.1) is 6.92 Å². The highest BCUT2D eigenvalue weighted by Gasteiger charge is 2.14. The highest BCUT2D eigenvalue weighted by molar-refractivity contribution is 6.17. The topological polar surface area (TPSA) is 25.4 Å². The molecule has 0 saturated heterocycles. The molecular weight excluding hydrogens is 236 g/mol. The maximum absolute atomic E-state index is 5.97. The first kappa shape index (κ1) is 14.3. The SMILES string of the molecule is COCCN(c1cc(C)ncc1CCl)C(C)C. The van der Waals surface area contributed by atoms with Crippen LogP contribution in [0.2, 0.25) is 0 Å². The van der Waals surface area contributed by atoms with Crippen molar-refractivity contribution in [2.24, 2.45) is 0 Å². The average molecular weight is 257 g/mol. The van der Waals surface area contributed by atoms with Gasteiger partial charge in [0, 0.05) is 42.8 Å². The molecule has 0 aliphatic carbocycles. The molecule has 0 unspecified atom stereocenters. The zero-order valence-corrected chi connectivity index (χ0v) is 11.8. The van der Waals surface area contributed by atoms with Gasteiger partial charge in [-0.15, -0.1) is 11.6 Å². The Hall–Kier alpha value is -0.800. The predicted octanol–water partition coefficient (Wildman–Crippen LogP) is 2.99. The zero-order valence-electron chi connectivity index (χ0n) is 11.0. The fourth-order valence-electron chi connectivity index (χ4n) is 1.79. The van der Waals surface area contributed by atoms with E-state index >= 15 is 0 Å². The summed E-state index contributed by atoms with van der Waals surface area (Å²) >= 11 is 5.97. The molecule has 96 valence electrons. The van der Waals surface area contributed by atoms with Gasteiger partial charge in [0.1, 0.15) is 0 Å². The number of alkyl halides is 1. The number of pyridine rings is 1. The molecule has 1 aromatic heterocycles. The van der Waals surface area contributed by atoms with Gasteiger partial charge in [-0.2, -0.15) is 0 Å². The summed E-state index contributed by atoms with van der Waals surface area (Å²) in [5.41, 5.74) is 3.25. The monoisotopic (exact) mass is 256 g/mol. The third-order valence-corrected chi connectivity index (χ3v) is 3.00. The summed E-state index contributed by atoms with van der Waals surface area (Å²) in [5.74, 6) is 0.485. The van der Waals surface area contributed by atoms with Crippen LogP contribution in [0.25, 0.3) is 0 Å². The molecule has 1 heterocycles. The number of methoxy groups -OCH3 is 1. The van der Waals surface area contributed by atoms with Gasteiger partial charge in [-0.1, -0.05) is 0 Å². The molecule has 1 rings (SSSR count). The largest absolute Gasteiger partial charge is 0.383 e. The zero-order chi connectivity index (χ0) is 12.8. The number of aryl methyl sites for hydroxylation is 1. The van der Waals surface area contributed by atoms with Crippen LogP contribution in [0.5, 0.6) is 0 Å². The smallest absolute Gasteiger partial charge is 0.0637 e. The van der Waals surface area contributed by atoms with Gasteiger partial charge < -0.3 is 9.64 Å². The van der Waals surface area contributed by atoms with Crippen molar-refractivity contribution in [1.82, 2.24) is 4.98 Å². The third-order valence-electron chi connectivity index (χ3n) is 2.71. The molecule has 0 N–H and O–H groups in total. The summed E-state index contributed by atoms with van der Waals surface area (Å²) in [5, 5.41) is 0. The Bertz CT molecular complexity index is 355. The summed E-state index contributed by atoms with van der Waals surface area (Å²) in [6.07, 6.45) is 1.86. The molecule has 3 nitrogen and oxygen atoms in total. The first-order chi connectivity index (χ1) is 8.10. The number of nitrogens with zero attached hydrogens (tertiary/aromatic N) is 2. The van der Waals surface area contributed by atoms with Gasteiger partial charge >= 0.3 is 0 Å². The Balaban J connectivity index is 3.02. The first-order valence-electron chi connectivity index (χ1n) is 5.87. The number of rotatable bonds is 6. The third kappa shape index (κ3) is 3.86. The van der Waals surface area contributed by atoms with E-state index in [1.54, 1.807) is 7.11 Å². The van der Waals surface area contributed by atoms with Gasteiger partial charge in [0.25, 0.3) is 0 Å². The Morgan fingerprint density at radius 3 is 2.71 bits per heavy atom. The minimum Gasteiger partial charge on any atom is -0.383 e. The van der Waals surface area contributed by atoms with E-state index in [4.69, 9.17) is 16.3 Å². The van der Waals surface area contributed by atoms with E-state index in [9.17, 15) is 0 Å². The van der Waals surface area contributed by atoms with Gasteiger partial charge in [-0.25, -0.2) is 0 Å². The lowest BCUT2D eigenvalue weighted by atomic mass is 10.1. The molecule has 0 radical (unpaired) electrons. The van der Waals surface area contributed by atoms with E-state index in [0.717, 1.165) is 17.8 Å². The molecule has 0 spiro atoms. The lowest BCUT2D eigenvalue weighted by molar-refractivity contribution is 0.204. The molecule has 0 aliphatic rings. The fraction of sp³-hybridized carbons (Fsp3) is 0.615. The Morgan fingerprint density at radius 1 is 1.47 bits per heavy atom. The van der Waals surface area contributed by atoms with Gasteiger partial charge in [0.15, 0.2) is 0 Å². The lowest BCUT2D eigenvalue weighted by Crippen LogP contribution is -2.34. The van der Waals surface area contributed by atoms with E-state index in [-0.39, 0.29) is 0 Å². The quantitative estimate of drug-likeness (QED) is 0.732. The van der Waals surface area contributed by atoms with Crippen molar-refractivity contribution in [3.05, 3.63) is 23.5 Å². The molecule has 0 amide bonds. The van der Waals surface area contributed by atoms with Crippen LogP contribution in [-0.4, -0.2) is 31.3 Å². The lowest BCUT2D eigenvalue weighted by Gasteiger charge is -2.30. The number of hydrogen-bond donors (Lipinski definition) is 0. The van der Waals surface area contributed by atoms with Crippen LogP contribution in [0.4, 0.5) is 5.69 Å². The van der Waals surface area contributed by atoms with Gasteiger partial charge in [0.2, 0.25) is 0 Å². The molecule has 0 fully saturated rings. The van der Waals surface area contributed by atoms with Gasteiger partial charge in [-0.05, 0) is 26.8 Å². The van der Waals surface area contributed by atoms with Crippen LogP contribution < -0.4 is 4.90 Å². The van der Waals surface area contributed by atoms with E-state index in [0.29, 0.717) is 18.5 Å². The van der Waals surface area contributed by atoms with Crippen molar-refractivity contribution in [1.29, 1.82) is 0 Å². The Morgan fingerprint density at radius 2 is 2.18 bits per heavy atom. The number of halogens is 1. The van der Waals surface area contributed by atoms with Crippen LogP contribution in [0.15, 0.2) is 12.3 Å². The Labute approximate surface area is 109 Å². The molecule has 1 aromatic rings. The van der Waals surface area contributed by atoms with Crippen LogP contribution in [0.3, 0.4) is 0 Å². The number of hydrogen-bond acceptors (Lipinski definition) is 3. The van der Waals surface area contributed by atoms with E-state index in [1.807, 2.05) is 13.1 Å². The summed E-state index contributed by atoms with van der Waals surface area (Å²) in [7, 11) is 1.72. The summed E-state index contributed by atoms with van der Waals surface area (Å²) in [6.45, 7) is 7.91. The first-order valence-corrected chi connectivity index (χ1v) is 6.40. The second-order valence-corrected chi connectivity index (χ2v) is 4.64. The summed E-state index contributed by atoms with van der Waals surface area (Å²) < 4.78 is 5.16. The standard InChI is InChI=1S/C13H21ClN2O/c1-10(2)16(5-6-17-4)13-7-11(3)15-9-12(13)8-14/h7,9-10H,5-6,8H2,1-4H3. The fourth-order valence-corrected chi connectivity index (χ4v) is 2.00. The maximum atomic E-state index is 5.97. The van der Waals surface area contributed by atoms with E-state index < -0.39 is 0 Å². The van der Waals surface area contributed by atoms with Crippen molar-refractivity contribution >= 4 is 17.3 Å². The molecule has 0 atom stereocenters. The van der Waals surface area contributed by atoms with Crippen LogP contribution in [0.1, 0.15) is 25.1 Å². The second kappa shape index (κ2) is 6.82. The number of anilines is 1. The van der Waals surface area contributed by atoms with Crippen molar-refractivity contribution in [2.45, 2.75) is 32.7 Å². The van der Waals surface area contributed by atoms with Crippen molar-refractivity contribution in [3.8, 4) is 0 Å². The number of ether oxygens (including phenoxy) is 1. The van der Waals surface area contributed by atoms with Gasteiger partial charge in [-0.3, -0.25) is 4.98 Å². The van der Waals surface area contributed by atoms with Crippen molar-refractivity contribution in [2.75, 3.05) is 25.2 Å². The molecule has 17 heavy (non-hydrogen) atoms. The second-order valence-electron chi connectivity index (χ2n) is 4.37. The van der Waals surface area contributed by atoms with Crippen LogP contribution >= 0.6 is 11.6 Å². The number of aromatic nitrogens is 1. The molecular formula is C13H21ClN2O. The van der Waals surface area contributed by atoms with Crippen molar-refractivity contribution in [3.63, 3.8) is 0 Å². The normalized spacial score (nSPS) is 10.9. The highest BCUT2D eigenvalue weighted by Crippen LogP contribution is 2.24. The molecule has 4 heteroatoms. The summed E-state index contributed by atoms with van der Waals surface area (Å²) in [4.78, 5) is 6.59. The Kier molecular flexibility index (Phi) is 5.72. The minimum atomic E-state index is 0.411. The van der Waals surface area contributed by atoms with E-state index in [2.05, 4.69) is 29.8 Å². The maximum Gasteiger partial charge on any atom is 0.0637 e. The van der Waals surface area contributed by atoms with Crippen molar-refractivity contribution < 1.29 is 4.74 Å².